The van der Waals surface area contributed by atoms with Crippen LogP contribution in [0, 0.1) is 0 Å². The summed E-state index contributed by atoms with van der Waals surface area (Å²) in [7, 11) is 0. The molecule has 5 rings (SSSR count). The molecule has 1 heterocycles. The van der Waals surface area contributed by atoms with Crippen LogP contribution in [-0.2, 0) is 24.2 Å². The van der Waals surface area contributed by atoms with Crippen molar-refractivity contribution in [2.75, 3.05) is 5.32 Å². The van der Waals surface area contributed by atoms with Crippen molar-refractivity contribution in [3.05, 3.63) is 117 Å². The molecule has 0 radical (unpaired) electrons. The number of amides is 2. The number of fused-ring (bicyclic) bond motifs is 1. The molecule has 0 spiro atoms. The van der Waals surface area contributed by atoms with Crippen molar-refractivity contribution in [1.29, 1.82) is 0 Å². The average Bonchev–Trinajstić information content (AvgIpc) is 3.44. The maximum atomic E-state index is 13.6. The lowest BCUT2D eigenvalue weighted by molar-refractivity contribution is -0.137. The van der Waals surface area contributed by atoms with E-state index in [2.05, 4.69) is 10.6 Å². The normalized spacial score (nSPS) is 12.9. The number of anilines is 1. The molecule has 1 aromatic heterocycles. The molecule has 1 atom stereocenters. The molecule has 2 amide bonds. The van der Waals surface area contributed by atoms with Crippen molar-refractivity contribution in [3.63, 3.8) is 0 Å². The minimum atomic E-state index is -1.10. The van der Waals surface area contributed by atoms with Gasteiger partial charge >= 0.3 is 12.0 Å². The molecule has 0 saturated carbocycles. The quantitative estimate of drug-likeness (QED) is 0.220. The van der Waals surface area contributed by atoms with Gasteiger partial charge in [0.05, 0.1) is 19.0 Å². The number of benzene rings is 3. The zero-order valence-corrected chi connectivity index (χ0v) is 22.3. The first-order chi connectivity index (χ1) is 19.3. The third kappa shape index (κ3) is 5.72. The summed E-state index contributed by atoms with van der Waals surface area (Å²) in [5.74, 6) is -1.36. The van der Waals surface area contributed by atoms with Gasteiger partial charge < -0.3 is 25.4 Å². The maximum Gasteiger partial charge on any atom is 0.319 e. The number of carboxylic acids is 1. The summed E-state index contributed by atoms with van der Waals surface area (Å²) >= 11 is 6.35. The largest absolute Gasteiger partial charge is 0.505 e. The Balaban J connectivity index is 1.44. The molecule has 4 N–H and O–H groups in total. The van der Waals surface area contributed by atoms with Gasteiger partial charge in [-0.05, 0) is 53.6 Å². The van der Waals surface area contributed by atoms with Crippen molar-refractivity contribution in [1.82, 2.24) is 9.88 Å². The van der Waals surface area contributed by atoms with Crippen molar-refractivity contribution in [2.24, 2.45) is 0 Å². The number of nitrogens with one attached hydrogen (secondary N) is 2. The van der Waals surface area contributed by atoms with E-state index < -0.39 is 23.6 Å². The zero-order valence-electron chi connectivity index (χ0n) is 21.6. The lowest BCUT2D eigenvalue weighted by atomic mass is 9.98. The Morgan fingerprint density at radius 3 is 2.42 bits per heavy atom. The molecule has 0 aliphatic heterocycles. The zero-order chi connectivity index (χ0) is 28.2. The molecular formula is C31H28ClN3O5. The van der Waals surface area contributed by atoms with E-state index in [0.717, 1.165) is 28.8 Å². The highest BCUT2D eigenvalue weighted by atomic mass is 35.5. The van der Waals surface area contributed by atoms with E-state index in [0.29, 0.717) is 29.0 Å². The molecule has 0 saturated heterocycles. The number of pyridine rings is 1. The number of hydrogen-bond acceptors (Lipinski definition) is 4. The summed E-state index contributed by atoms with van der Waals surface area (Å²) in [6, 6.07) is 22.4. The second kappa shape index (κ2) is 11.7. The van der Waals surface area contributed by atoms with Gasteiger partial charge in [-0.25, -0.2) is 4.79 Å². The fourth-order valence-electron chi connectivity index (χ4n) is 5.17. The van der Waals surface area contributed by atoms with Crippen LogP contribution in [0.3, 0.4) is 0 Å². The lowest BCUT2D eigenvalue weighted by Gasteiger charge is -2.21. The van der Waals surface area contributed by atoms with Crippen LogP contribution in [0.15, 0.2) is 83.7 Å². The van der Waals surface area contributed by atoms with Gasteiger partial charge in [0.2, 0.25) is 0 Å². The summed E-state index contributed by atoms with van der Waals surface area (Å²) in [5, 5.41) is 26.2. The number of urea groups is 1. The van der Waals surface area contributed by atoms with E-state index >= 15 is 0 Å². The highest BCUT2D eigenvalue weighted by Gasteiger charge is 2.27. The van der Waals surface area contributed by atoms with Crippen LogP contribution in [0.25, 0.3) is 11.1 Å². The maximum absolute atomic E-state index is 13.6. The van der Waals surface area contributed by atoms with Gasteiger partial charge in [-0.15, -0.1) is 0 Å². The molecular weight excluding hydrogens is 530 g/mol. The summed E-state index contributed by atoms with van der Waals surface area (Å²) in [6.45, 7) is 0.186. The van der Waals surface area contributed by atoms with Crippen LogP contribution in [0.1, 0.15) is 41.3 Å². The van der Waals surface area contributed by atoms with Crippen LogP contribution in [0.4, 0.5) is 10.5 Å². The number of halogens is 1. The third-order valence-corrected chi connectivity index (χ3v) is 7.47. The minimum absolute atomic E-state index is 0.186. The van der Waals surface area contributed by atoms with Crippen LogP contribution in [0.2, 0.25) is 5.02 Å². The van der Waals surface area contributed by atoms with Crippen LogP contribution in [0.5, 0.6) is 5.75 Å². The second-order valence-corrected chi connectivity index (χ2v) is 10.1. The first-order valence-electron chi connectivity index (χ1n) is 13.0. The summed E-state index contributed by atoms with van der Waals surface area (Å²) in [4.78, 5) is 38.4. The Kier molecular flexibility index (Phi) is 7.89. The van der Waals surface area contributed by atoms with E-state index in [4.69, 9.17) is 11.6 Å². The number of carbonyl (C=O) groups is 2. The molecule has 204 valence electrons. The standard InChI is InChI=1S/C31H28ClN3O5/c32-24-14-5-4-10-22(24)18-35-26-15-7-13-23(26)29(38)28(30(35)39)34-31(40)33-25(17-27(36)37)21-12-6-11-20(16-21)19-8-2-1-3-9-19/h1-6,8-12,14,16,25,38H,7,13,15,17-18H2,(H,36,37)(H2,33,34,40)/t25-/m0/s1. The van der Waals surface area contributed by atoms with Crippen LogP contribution < -0.4 is 16.2 Å². The summed E-state index contributed by atoms with van der Waals surface area (Å²) in [5.41, 5.74) is 3.66. The van der Waals surface area contributed by atoms with E-state index in [1.165, 1.54) is 4.57 Å². The SMILES string of the molecule is O=C(O)C[C@H](NC(=O)Nc1c(O)c2c(n(Cc3ccccc3Cl)c1=O)CCC2)c1cccc(-c2ccccc2)c1. The number of aliphatic carboxylic acids is 1. The molecule has 0 unspecified atom stereocenters. The Morgan fingerprint density at radius 1 is 0.950 bits per heavy atom. The summed E-state index contributed by atoms with van der Waals surface area (Å²) < 4.78 is 1.54. The monoisotopic (exact) mass is 557 g/mol. The van der Waals surface area contributed by atoms with Crippen molar-refractivity contribution < 1.29 is 19.8 Å². The van der Waals surface area contributed by atoms with Gasteiger partial charge in [0, 0.05) is 16.3 Å². The Bertz CT molecular complexity index is 1630. The lowest BCUT2D eigenvalue weighted by Crippen LogP contribution is -2.37. The van der Waals surface area contributed by atoms with Gasteiger partial charge in [0.1, 0.15) is 5.75 Å². The number of rotatable bonds is 8. The van der Waals surface area contributed by atoms with Crippen molar-refractivity contribution in [2.45, 2.75) is 38.3 Å². The minimum Gasteiger partial charge on any atom is -0.505 e. The number of aromatic hydroxyl groups is 1. The van der Waals surface area contributed by atoms with E-state index in [-0.39, 0.29) is 24.4 Å². The number of nitrogens with zero attached hydrogens (tertiary/aromatic N) is 1. The molecule has 1 aliphatic rings. The predicted molar refractivity (Wildman–Crippen MR) is 154 cm³/mol. The number of carbonyl (C=O) groups excluding carboxylic acids is 1. The highest BCUT2D eigenvalue weighted by Crippen LogP contribution is 2.34. The van der Waals surface area contributed by atoms with E-state index in [1.807, 2.05) is 54.6 Å². The van der Waals surface area contributed by atoms with Gasteiger partial charge in [0.25, 0.3) is 5.56 Å². The van der Waals surface area contributed by atoms with Crippen LogP contribution in [-0.4, -0.2) is 26.8 Å². The first kappa shape index (κ1) is 27.0. The highest BCUT2D eigenvalue weighted by molar-refractivity contribution is 6.31. The molecule has 40 heavy (non-hydrogen) atoms. The Labute approximate surface area is 235 Å². The number of aromatic nitrogens is 1. The predicted octanol–water partition coefficient (Wildman–Crippen LogP) is 5.75. The van der Waals surface area contributed by atoms with E-state index in [9.17, 15) is 24.6 Å². The van der Waals surface area contributed by atoms with Crippen molar-refractivity contribution in [3.8, 4) is 16.9 Å². The number of carboxylic acid groups (broad SMARTS) is 1. The van der Waals surface area contributed by atoms with Crippen molar-refractivity contribution >= 4 is 29.3 Å². The van der Waals surface area contributed by atoms with Crippen LogP contribution >= 0.6 is 11.6 Å². The molecule has 8 nitrogen and oxygen atoms in total. The molecule has 4 aromatic rings. The fraction of sp³-hybridized carbons (Fsp3) is 0.194. The Hall–Kier alpha value is -4.56. The Morgan fingerprint density at radius 2 is 1.68 bits per heavy atom. The molecule has 0 fully saturated rings. The van der Waals surface area contributed by atoms with Gasteiger partial charge in [0.15, 0.2) is 5.69 Å². The summed E-state index contributed by atoms with van der Waals surface area (Å²) in [6.07, 6.45) is 1.57. The molecule has 9 heteroatoms. The average molecular weight is 558 g/mol. The molecule has 0 bridgehead atoms. The second-order valence-electron chi connectivity index (χ2n) is 9.73. The third-order valence-electron chi connectivity index (χ3n) is 7.10. The number of hydrogen-bond donors (Lipinski definition) is 4. The smallest absolute Gasteiger partial charge is 0.319 e. The molecule has 1 aliphatic carbocycles. The van der Waals surface area contributed by atoms with Gasteiger partial charge in [-0.1, -0.05) is 78.3 Å². The fourth-order valence-corrected chi connectivity index (χ4v) is 5.36. The van der Waals surface area contributed by atoms with Gasteiger partial charge in [-0.3, -0.25) is 9.59 Å². The topological polar surface area (TPSA) is 121 Å². The first-order valence-corrected chi connectivity index (χ1v) is 13.3. The molecule has 3 aromatic carbocycles. The van der Waals surface area contributed by atoms with Gasteiger partial charge in [-0.2, -0.15) is 0 Å². The van der Waals surface area contributed by atoms with E-state index in [1.54, 1.807) is 24.3 Å².